The van der Waals surface area contributed by atoms with Crippen molar-refractivity contribution in [1.82, 2.24) is 0 Å². The van der Waals surface area contributed by atoms with Crippen molar-refractivity contribution < 1.29 is 18.7 Å². The number of benzene rings is 1. The Labute approximate surface area is 73.8 Å². The Hall–Kier alpha value is -1.29. The standard InChI is InChI=1S/C9H8F2O2/c1-5(13)7-3-9(11)8(10)2-6(7)4-12/h2-3,12H,4H2,1H3. The molecule has 0 aliphatic carbocycles. The summed E-state index contributed by atoms with van der Waals surface area (Å²) in [4.78, 5) is 10.9. The number of carbonyl (C=O) groups excluding carboxylic acids is 1. The third-order valence-electron chi connectivity index (χ3n) is 1.70. The minimum Gasteiger partial charge on any atom is -0.392 e. The van der Waals surface area contributed by atoms with Crippen LogP contribution < -0.4 is 0 Å². The fourth-order valence-corrected chi connectivity index (χ4v) is 1.05. The van der Waals surface area contributed by atoms with Crippen LogP contribution in [0.5, 0.6) is 0 Å². The van der Waals surface area contributed by atoms with E-state index in [0.29, 0.717) is 0 Å². The summed E-state index contributed by atoms with van der Waals surface area (Å²) in [6.45, 7) is 0.748. The summed E-state index contributed by atoms with van der Waals surface area (Å²) in [5, 5.41) is 8.74. The minimum absolute atomic E-state index is 0.0152. The highest BCUT2D eigenvalue weighted by Gasteiger charge is 2.11. The number of hydrogen-bond acceptors (Lipinski definition) is 2. The SMILES string of the molecule is CC(=O)c1cc(F)c(F)cc1CO. The van der Waals surface area contributed by atoms with E-state index >= 15 is 0 Å². The van der Waals surface area contributed by atoms with E-state index in [4.69, 9.17) is 5.11 Å². The molecule has 0 saturated heterocycles. The van der Waals surface area contributed by atoms with Crippen LogP contribution in [-0.2, 0) is 6.61 Å². The molecule has 0 aromatic heterocycles. The van der Waals surface area contributed by atoms with E-state index in [0.717, 1.165) is 12.1 Å². The molecule has 0 saturated carbocycles. The Morgan fingerprint density at radius 1 is 1.38 bits per heavy atom. The lowest BCUT2D eigenvalue weighted by atomic mass is 10.0. The lowest BCUT2D eigenvalue weighted by Gasteiger charge is -2.04. The van der Waals surface area contributed by atoms with Crippen molar-refractivity contribution in [2.24, 2.45) is 0 Å². The van der Waals surface area contributed by atoms with Gasteiger partial charge in [0.1, 0.15) is 0 Å². The first-order valence-corrected chi connectivity index (χ1v) is 3.66. The number of carbonyl (C=O) groups is 1. The van der Waals surface area contributed by atoms with Gasteiger partial charge in [0, 0.05) is 5.56 Å². The Balaban J connectivity index is 3.33. The zero-order valence-electron chi connectivity index (χ0n) is 6.97. The van der Waals surface area contributed by atoms with E-state index in [-0.39, 0.29) is 11.1 Å². The average molecular weight is 186 g/mol. The van der Waals surface area contributed by atoms with Gasteiger partial charge in [-0.3, -0.25) is 4.79 Å². The van der Waals surface area contributed by atoms with Crippen molar-refractivity contribution in [3.8, 4) is 0 Å². The predicted octanol–water partition coefficient (Wildman–Crippen LogP) is 1.66. The molecular formula is C9H8F2O2. The molecule has 0 spiro atoms. The van der Waals surface area contributed by atoms with E-state index in [1.54, 1.807) is 0 Å². The first-order chi connectivity index (χ1) is 6.06. The molecule has 0 bridgehead atoms. The molecule has 0 unspecified atom stereocenters. The van der Waals surface area contributed by atoms with Crippen molar-refractivity contribution in [3.63, 3.8) is 0 Å². The van der Waals surface area contributed by atoms with Gasteiger partial charge in [-0.2, -0.15) is 0 Å². The minimum atomic E-state index is -1.08. The van der Waals surface area contributed by atoms with Crippen LogP contribution in [0.2, 0.25) is 0 Å². The zero-order valence-corrected chi connectivity index (χ0v) is 6.97. The van der Waals surface area contributed by atoms with Crippen LogP contribution in [-0.4, -0.2) is 10.9 Å². The van der Waals surface area contributed by atoms with Gasteiger partial charge in [-0.05, 0) is 24.6 Å². The second-order valence-corrected chi connectivity index (χ2v) is 2.64. The summed E-state index contributed by atoms with van der Waals surface area (Å²) in [6, 6.07) is 1.62. The molecule has 0 amide bonds. The first kappa shape index (κ1) is 9.80. The highest BCUT2D eigenvalue weighted by Crippen LogP contribution is 2.15. The molecule has 1 N–H and O–H groups in total. The molecule has 1 rings (SSSR count). The molecular weight excluding hydrogens is 178 g/mol. The van der Waals surface area contributed by atoms with Crippen LogP contribution in [0.4, 0.5) is 8.78 Å². The van der Waals surface area contributed by atoms with Gasteiger partial charge in [0.15, 0.2) is 17.4 Å². The van der Waals surface area contributed by atoms with Crippen LogP contribution >= 0.6 is 0 Å². The fourth-order valence-electron chi connectivity index (χ4n) is 1.05. The van der Waals surface area contributed by atoms with Gasteiger partial charge in [-0.1, -0.05) is 0 Å². The number of halogens is 2. The van der Waals surface area contributed by atoms with Crippen molar-refractivity contribution in [3.05, 3.63) is 34.9 Å². The second kappa shape index (κ2) is 3.62. The fraction of sp³-hybridized carbons (Fsp3) is 0.222. The van der Waals surface area contributed by atoms with Gasteiger partial charge in [0.05, 0.1) is 6.61 Å². The molecule has 0 radical (unpaired) electrons. The number of aliphatic hydroxyl groups excluding tert-OH is 1. The van der Waals surface area contributed by atoms with E-state index in [9.17, 15) is 13.6 Å². The van der Waals surface area contributed by atoms with Crippen molar-refractivity contribution in [1.29, 1.82) is 0 Å². The molecule has 0 fully saturated rings. The van der Waals surface area contributed by atoms with Gasteiger partial charge in [-0.15, -0.1) is 0 Å². The smallest absolute Gasteiger partial charge is 0.160 e. The predicted molar refractivity (Wildman–Crippen MR) is 42.3 cm³/mol. The normalized spacial score (nSPS) is 10.2. The summed E-state index contributed by atoms with van der Waals surface area (Å²) in [7, 11) is 0. The third-order valence-corrected chi connectivity index (χ3v) is 1.70. The molecule has 2 nitrogen and oxygen atoms in total. The van der Waals surface area contributed by atoms with E-state index < -0.39 is 24.0 Å². The van der Waals surface area contributed by atoms with Crippen LogP contribution in [0.25, 0.3) is 0 Å². The van der Waals surface area contributed by atoms with Crippen LogP contribution in [0, 0.1) is 11.6 Å². The number of ketones is 1. The summed E-state index contributed by atoms with van der Waals surface area (Å²) >= 11 is 0. The number of aliphatic hydroxyl groups is 1. The van der Waals surface area contributed by atoms with Crippen LogP contribution in [0.3, 0.4) is 0 Å². The van der Waals surface area contributed by atoms with Gasteiger partial charge in [0.25, 0.3) is 0 Å². The first-order valence-electron chi connectivity index (χ1n) is 3.66. The lowest BCUT2D eigenvalue weighted by molar-refractivity contribution is 0.101. The zero-order chi connectivity index (χ0) is 10.0. The molecule has 0 atom stereocenters. The van der Waals surface area contributed by atoms with Gasteiger partial charge in [-0.25, -0.2) is 8.78 Å². The van der Waals surface area contributed by atoms with Crippen molar-refractivity contribution in [2.45, 2.75) is 13.5 Å². The lowest BCUT2D eigenvalue weighted by Crippen LogP contribution is -2.02. The molecule has 4 heteroatoms. The van der Waals surface area contributed by atoms with Crippen LogP contribution in [0.1, 0.15) is 22.8 Å². The highest BCUT2D eigenvalue weighted by atomic mass is 19.2. The molecule has 0 aliphatic heterocycles. The van der Waals surface area contributed by atoms with Gasteiger partial charge >= 0.3 is 0 Å². The topological polar surface area (TPSA) is 37.3 Å². The van der Waals surface area contributed by atoms with Gasteiger partial charge < -0.3 is 5.11 Å². The maximum Gasteiger partial charge on any atom is 0.160 e. The molecule has 1 aromatic rings. The maximum absolute atomic E-state index is 12.6. The quantitative estimate of drug-likeness (QED) is 0.713. The summed E-state index contributed by atoms with van der Waals surface area (Å²) < 4.78 is 25.3. The number of Topliss-reactive ketones (excluding diaryl/α,β-unsaturated/α-hetero) is 1. The third kappa shape index (κ3) is 1.89. The summed E-state index contributed by atoms with van der Waals surface area (Å²) in [6.07, 6.45) is 0. The molecule has 0 heterocycles. The van der Waals surface area contributed by atoms with E-state index in [1.807, 2.05) is 0 Å². The molecule has 1 aromatic carbocycles. The molecule has 13 heavy (non-hydrogen) atoms. The molecule has 0 aliphatic rings. The largest absolute Gasteiger partial charge is 0.392 e. The summed E-state index contributed by atoms with van der Waals surface area (Å²) in [5.74, 6) is -2.54. The average Bonchev–Trinajstić information content (AvgIpc) is 2.08. The van der Waals surface area contributed by atoms with Crippen LogP contribution in [0.15, 0.2) is 12.1 Å². The monoisotopic (exact) mass is 186 g/mol. The number of hydrogen-bond donors (Lipinski definition) is 1. The van der Waals surface area contributed by atoms with E-state index in [2.05, 4.69) is 0 Å². The van der Waals surface area contributed by atoms with Crippen molar-refractivity contribution in [2.75, 3.05) is 0 Å². The Kier molecular flexibility index (Phi) is 2.72. The Morgan fingerprint density at radius 2 is 1.92 bits per heavy atom. The maximum atomic E-state index is 12.6. The van der Waals surface area contributed by atoms with Crippen molar-refractivity contribution >= 4 is 5.78 Å². The van der Waals surface area contributed by atoms with Gasteiger partial charge in [0.2, 0.25) is 0 Å². The Bertz CT molecular complexity index is 348. The second-order valence-electron chi connectivity index (χ2n) is 2.64. The number of rotatable bonds is 2. The molecule has 70 valence electrons. The highest BCUT2D eigenvalue weighted by molar-refractivity contribution is 5.95. The van der Waals surface area contributed by atoms with E-state index in [1.165, 1.54) is 6.92 Å². The Morgan fingerprint density at radius 3 is 2.38 bits per heavy atom. The summed E-state index contributed by atoms with van der Waals surface area (Å²) in [5.41, 5.74) is 0.118.